The van der Waals surface area contributed by atoms with Gasteiger partial charge in [0, 0.05) is 21.1 Å². The molecule has 0 spiro atoms. The molecule has 0 unspecified atom stereocenters. The third-order valence-corrected chi connectivity index (χ3v) is 9.48. The van der Waals surface area contributed by atoms with Gasteiger partial charge in [-0.05, 0) is 6.04 Å². The van der Waals surface area contributed by atoms with Gasteiger partial charge >= 0.3 is 44.8 Å². The molecule has 16 heteroatoms. The van der Waals surface area contributed by atoms with E-state index in [0.29, 0.717) is 34.0 Å². The van der Waals surface area contributed by atoms with E-state index < -0.39 is 50.9 Å². The lowest BCUT2D eigenvalue weighted by Gasteiger charge is -2.49. The zero-order chi connectivity index (χ0) is 25.0. The number of unbranched alkanes of at least 4 members (excludes halogenated alkanes) is 3. The average Bonchev–Trinajstić information content (AvgIpc) is 2.62. The van der Waals surface area contributed by atoms with Gasteiger partial charge in [-0.15, -0.1) is 0 Å². The Kier molecular flexibility index (Phi) is 9.43. The summed E-state index contributed by atoms with van der Waals surface area (Å²) in [6.07, 6.45) is -16.1. The van der Waals surface area contributed by atoms with Gasteiger partial charge in [0.15, 0.2) is 0 Å². The molecule has 0 bridgehead atoms. The van der Waals surface area contributed by atoms with Crippen molar-refractivity contribution in [1.29, 1.82) is 0 Å². The summed E-state index contributed by atoms with van der Waals surface area (Å²) in [4.78, 5) is 35.6. The molecule has 0 aliphatic heterocycles. The van der Waals surface area contributed by atoms with E-state index in [1.807, 2.05) is 0 Å². The smallest absolute Gasteiger partial charge is 0.330 e. The minimum absolute atomic E-state index is 0.168. The quantitative estimate of drug-likeness (QED) is 0.296. The molecule has 31 heavy (non-hydrogen) atoms. The second kappa shape index (κ2) is 10.1. The van der Waals surface area contributed by atoms with E-state index >= 15 is 0 Å². The number of hydrogen-bond acceptors (Lipinski definition) is 3. The first kappa shape index (κ1) is 29.0. The second-order valence-electron chi connectivity index (χ2n) is 6.67. The summed E-state index contributed by atoms with van der Waals surface area (Å²) in [5, 5.41) is 0. The van der Waals surface area contributed by atoms with E-state index in [9.17, 15) is 53.9 Å². The van der Waals surface area contributed by atoms with E-state index in [1.165, 1.54) is 0 Å². The van der Waals surface area contributed by atoms with Crippen LogP contribution in [0.1, 0.15) is 32.6 Å². The molecule has 0 aliphatic rings. The van der Waals surface area contributed by atoms with Crippen LogP contribution in [0.5, 0.6) is 0 Å². The van der Waals surface area contributed by atoms with Crippen LogP contribution in [0.2, 0.25) is 6.04 Å². The van der Waals surface area contributed by atoms with Crippen molar-refractivity contribution in [1.82, 2.24) is 13.7 Å². The normalized spacial score (nSPS) is 13.1. The summed E-state index contributed by atoms with van der Waals surface area (Å²) >= 11 is 0. The molecule has 0 rings (SSSR count). The molecule has 0 fully saturated rings. The van der Waals surface area contributed by atoms with Crippen molar-refractivity contribution in [3.63, 3.8) is 0 Å². The molecule has 0 radical (unpaired) electrons. The molecule has 0 saturated carbocycles. The maximum absolute atomic E-state index is 13.0. The van der Waals surface area contributed by atoms with E-state index in [2.05, 4.69) is 0 Å². The number of rotatable bonds is 8. The van der Waals surface area contributed by atoms with Crippen LogP contribution in [-0.2, 0) is 14.4 Å². The van der Waals surface area contributed by atoms with E-state index in [-0.39, 0.29) is 26.5 Å². The highest BCUT2D eigenvalue weighted by atomic mass is 28.4. The summed E-state index contributed by atoms with van der Waals surface area (Å²) in [7, 11) is -4.38. The Morgan fingerprint density at radius 1 is 0.613 bits per heavy atom. The molecule has 0 N–H and O–H groups in total. The Labute approximate surface area is 173 Å². The predicted octanol–water partition coefficient (Wildman–Crippen LogP) is 3.57. The molecule has 0 aromatic rings. The van der Waals surface area contributed by atoms with Crippen LogP contribution in [-0.4, -0.2) is 79.6 Å². The van der Waals surface area contributed by atoms with Crippen molar-refractivity contribution in [2.75, 3.05) is 21.1 Å². The highest BCUT2D eigenvalue weighted by molar-refractivity contribution is 6.77. The Morgan fingerprint density at radius 2 is 0.903 bits per heavy atom. The van der Waals surface area contributed by atoms with Gasteiger partial charge in [0.2, 0.25) is 0 Å². The molecule has 0 aromatic heterocycles. The van der Waals surface area contributed by atoms with Crippen molar-refractivity contribution in [3.8, 4) is 0 Å². The number of nitrogens with zero attached hydrogens (tertiary/aromatic N) is 3. The highest BCUT2D eigenvalue weighted by Gasteiger charge is 2.63. The Balaban J connectivity index is 6.83. The third kappa shape index (κ3) is 6.74. The summed E-state index contributed by atoms with van der Waals surface area (Å²) in [5.41, 5.74) is 0. The fourth-order valence-electron chi connectivity index (χ4n) is 3.03. The first-order chi connectivity index (χ1) is 13.8. The lowest BCUT2D eigenvalue weighted by atomic mass is 10.2. The van der Waals surface area contributed by atoms with E-state index in [0.717, 1.165) is 0 Å². The van der Waals surface area contributed by atoms with Crippen molar-refractivity contribution in [2.24, 2.45) is 0 Å². The van der Waals surface area contributed by atoms with Gasteiger partial charge in [0.05, 0.1) is 0 Å². The Hall–Kier alpha value is -2.00. The fourth-order valence-corrected chi connectivity index (χ4v) is 7.46. The molecule has 0 heterocycles. The molecule has 0 aromatic carbocycles. The molecular weight excluding hydrogens is 469 g/mol. The van der Waals surface area contributed by atoms with Gasteiger partial charge in [0.1, 0.15) is 0 Å². The van der Waals surface area contributed by atoms with Gasteiger partial charge in [0.25, 0.3) is 0 Å². The first-order valence-electron chi connectivity index (χ1n) is 8.81. The van der Waals surface area contributed by atoms with Crippen LogP contribution in [0, 0.1) is 0 Å². The van der Waals surface area contributed by atoms with Gasteiger partial charge in [-0.25, -0.2) is 0 Å². The number of halogens is 9. The minimum Gasteiger partial charge on any atom is -0.330 e. The zero-order valence-electron chi connectivity index (χ0n) is 17.0. The van der Waals surface area contributed by atoms with Crippen LogP contribution in [0.3, 0.4) is 0 Å². The summed E-state index contributed by atoms with van der Waals surface area (Å²) in [5.74, 6) is -8.34. The van der Waals surface area contributed by atoms with Gasteiger partial charge < -0.3 is 13.7 Å². The summed E-state index contributed by atoms with van der Waals surface area (Å²) < 4.78 is 116. The predicted molar refractivity (Wildman–Crippen MR) is 91.2 cm³/mol. The third-order valence-electron chi connectivity index (χ3n) is 4.62. The number of carbonyl (C=O) groups is 3. The maximum atomic E-state index is 13.0. The second-order valence-corrected chi connectivity index (χ2v) is 10.7. The lowest BCUT2D eigenvalue weighted by Crippen LogP contribution is -2.78. The topological polar surface area (TPSA) is 60.9 Å². The number of alkyl halides is 9. The summed E-state index contributed by atoms with van der Waals surface area (Å²) in [6.45, 7) is 1.71. The monoisotopic (exact) mass is 491 g/mol. The lowest BCUT2D eigenvalue weighted by molar-refractivity contribution is -0.187. The molecule has 182 valence electrons. The van der Waals surface area contributed by atoms with Crippen molar-refractivity contribution in [2.45, 2.75) is 57.2 Å². The number of amides is 3. The summed E-state index contributed by atoms with van der Waals surface area (Å²) in [6, 6.07) is -0.859. The van der Waals surface area contributed by atoms with Crippen LogP contribution in [0.4, 0.5) is 39.5 Å². The molecular formula is C15H22F9N3O3Si. The Bertz CT molecular complexity index is 586. The fraction of sp³-hybridized carbons (Fsp3) is 0.800. The van der Waals surface area contributed by atoms with Gasteiger partial charge in [-0.3, -0.25) is 14.4 Å². The first-order valence-corrected chi connectivity index (χ1v) is 10.9. The maximum Gasteiger partial charge on any atom is 0.470 e. The largest absolute Gasteiger partial charge is 0.470 e. The van der Waals surface area contributed by atoms with Crippen molar-refractivity contribution >= 4 is 26.3 Å². The van der Waals surface area contributed by atoms with Crippen LogP contribution >= 0.6 is 0 Å². The van der Waals surface area contributed by atoms with Gasteiger partial charge in [-0.2, -0.15) is 39.5 Å². The number of hydrogen-bond donors (Lipinski definition) is 0. The van der Waals surface area contributed by atoms with E-state index in [1.54, 1.807) is 6.92 Å². The minimum atomic E-state index is -5.68. The zero-order valence-corrected chi connectivity index (χ0v) is 18.0. The molecule has 0 saturated heterocycles. The van der Waals surface area contributed by atoms with Crippen molar-refractivity contribution in [3.05, 3.63) is 0 Å². The average molecular weight is 491 g/mol. The molecule has 0 atom stereocenters. The SMILES string of the molecule is CCCCCC[Si](N(C)C(=O)C(F)(F)F)(N(C)C(=O)C(F)(F)F)N(C)C(=O)C(F)(F)F. The number of carbonyl (C=O) groups excluding carboxylic acids is 3. The molecule has 3 amide bonds. The van der Waals surface area contributed by atoms with Crippen LogP contribution < -0.4 is 0 Å². The van der Waals surface area contributed by atoms with Crippen LogP contribution in [0.25, 0.3) is 0 Å². The molecule has 0 aliphatic carbocycles. The highest BCUT2D eigenvalue weighted by Crippen LogP contribution is 2.34. The van der Waals surface area contributed by atoms with Crippen molar-refractivity contribution < 1.29 is 53.9 Å². The molecule has 6 nitrogen and oxygen atoms in total. The van der Waals surface area contributed by atoms with Crippen LogP contribution in [0.15, 0.2) is 0 Å². The van der Waals surface area contributed by atoms with Gasteiger partial charge in [-0.1, -0.05) is 32.6 Å². The van der Waals surface area contributed by atoms with E-state index in [4.69, 9.17) is 0 Å². The Morgan fingerprint density at radius 3 is 1.13 bits per heavy atom. The standard InChI is InChI=1S/C15H22F9N3O3Si/c1-5-6-7-8-9-31(25(2)10(28)13(16,17)18,26(3)11(29)14(19,20)21)27(4)12(30)15(22,23)24/h5-9H2,1-4H3.